The Bertz CT molecular complexity index is 2910. The number of hydrogen-bond acceptors (Lipinski definition) is 6. The maximum atomic E-state index is 6.61. The first-order valence-electron chi connectivity index (χ1n) is 17.3. The van der Waals surface area contributed by atoms with Crippen molar-refractivity contribution in [2.45, 2.75) is 0 Å². The molecule has 244 valence electrons. The standard InChI is InChI=1S/C46H26N2O4/c1-5-19-39-29(11-1)31-23-45-37(25-43(31)49-39)47(35-15-3-7-21-41(35)51-45)33-17-9-14-28-27(33)13-10-18-34(28)48-36-16-4-8-22-42(36)52-46-24-32-30-12-2-6-20-40(30)50-44(32)26-38(46)48/h1-26H. The lowest BCUT2D eigenvalue weighted by Gasteiger charge is -2.35. The lowest BCUT2D eigenvalue weighted by atomic mass is 10.0. The molecule has 12 rings (SSSR count). The normalized spacial score (nSPS) is 13.2. The van der Waals surface area contributed by atoms with Gasteiger partial charge < -0.3 is 28.1 Å². The fraction of sp³-hybridized carbons (Fsp3) is 0. The van der Waals surface area contributed by atoms with Gasteiger partial charge in [-0.15, -0.1) is 0 Å². The van der Waals surface area contributed by atoms with Crippen LogP contribution in [-0.2, 0) is 0 Å². The summed E-state index contributed by atoms with van der Waals surface area (Å²) in [5.41, 5.74) is 9.13. The zero-order chi connectivity index (χ0) is 33.9. The molecule has 0 aliphatic carbocycles. The van der Waals surface area contributed by atoms with E-state index in [1.807, 2.05) is 60.7 Å². The van der Waals surface area contributed by atoms with Gasteiger partial charge >= 0.3 is 0 Å². The van der Waals surface area contributed by atoms with Crippen LogP contribution in [0.1, 0.15) is 0 Å². The minimum Gasteiger partial charge on any atom is -0.456 e. The van der Waals surface area contributed by atoms with E-state index in [0.29, 0.717) is 0 Å². The van der Waals surface area contributed by atoms with E-state index in [9.17, 15) is 0 Å². The average Bonchev–Trinajstić information content (AvgIpc) is 3.74. The molecule has 6 nitrogen and oxygen atoms in total. The maximum absolute atomic E-state index is 6.61. The maximum Gasteiger partial charge on any atom is 0.152 e. The number of anilines is 6. The Balaban J connectivity index is 1.10. The highest BCUT2D eigenvalue weighted by Crippen LogP contribution is 2.56. The molecule has 52 heavy (non-hydrogen) atoms. The fourth-order valence-corrected chi connectivity index (χ4v) is 8.13. The summed E-state index contributed by atoms with van der Waals surface area (Å²) in [7, 11) is 0. The molecule has 0 radical (unpaired) electrons. The van der Waals surface area contributed by atoms with Gasteiger partial charge in [0.2, 0.25) is 0 Å². The molecular weight excluding hydrogens is 645 g/mol. The summed E-state index contributed by atoms with van der Waals surface area (Å²) in [5.74, 6) is 3.14. The third-order valence-corrected chi connectivity index (χ3v) is 10.4. The molecule has 0 fully saturated rings. The van der Waals surface area contributed by atoms with Crippen LogP contribution in [0.4, 0.5) is 34.1 Å². The Morgan fingerprint density at radius 1 is 0.269 bits per heavy atom. The number of benzene rings is 8. The number of hydrogen-bond donors (Lipinski definition) is 0. The summed E-state index contributed by atoms with van der Waals surface area (Å²) < 4.78 is 26.0. The van der Waals surface area contributed by atoms with E-state index in [2.05, 4.69) is 107 Å². The fourth-order valence-electron chi connectivity index (χ4n) is 8.13. The van der Waals surface area contributed by atoms with Crippen LogP contribution in [0.3, 0.4) is 0 Å². The van der Waals surface area contributed by atoms with Crippen LogP contribution in [0.15, 0.2) is 167 Å². The molecule has 4 heterocycles. The summed E-state index contributed by atoms with van der Waals surface area (Å²) in [6.07, 6.45) is 0. The summed E-state index contributed by atoms with van der Waals surface area (Å²) in [4.78, 5) is 4.60. The summed E-state index contributed by atoms with van der Waals surface area (Å²) in [6, 6.07) is 54.1. The number of rotatable bonds is 2. The van der Waals surface area contributed by atoms with Gasteiger partial charge in [-0.2, -0.15) is 0 Å². The molecule has 10 aromatic rings. The van der Waals surface area contributed by atoms with Gasteiger partial charge in [-0.05, 0) is 60.7 Å². The quantitative estimate of drug-likeness (QED) is 0.182. The number of ether oxygens (including phenoxy) is 2. The molecule has 0 saturated carbocycles. The van der Waals surface area contributed by atoms with E-state index >= 15 is 0 Å². The minimum atomic E-state index is 0.775. The van der Waals surface area contributed by atoms with Gasteiger partial charge in [-0.1, -0.05) is 84.9 Å². The van der Waals surface area contributed by atoms with Gasteiger partial charge in [0.1, 0.15) is 22.3 Å². The molecule has 2 aliphatic rings. The molecule has 2 aromatic heterocycles. The summed E-state index contributed by atoms with van der Waals surface area (Å²) in [6.45, 7) is 0. The molecule has 0 amide bonds. The van der Waals surface area contributed by atoms with Gasteiger partial charge in [0.05, 0.1) is 34.1 Å². The number of fused-ring (bicyclic) bond motifs is 11. The van der Waals surface area contributed by atoms with Crippen molar-refractivity contribution in [3.63, 3.8) is 0 Å². The first kappa shape index (κ1) is 27.6. The summed E-state index contributed by atoms with van der Waals surface area (Å²) >= 11 is 0. The average molecular weight is 671 g/mol. The van der Waals surface area contributed by atoms with Crippen LogP contribution in [-0.4, -0.2) is 0 Å². The van der Waals surface area contributed by atoms with Crippen LogP contribution < -0.4 is 19.3 Å². The van der Waals surface area contributed by atoms with Gasteiger partial charge in [0.25, 0.3) is 0 Å². The van der Waals surface area contributed by atoms with Crippen LogP contribution in [0.5, 0.6) is 23.0 Å². The van der Waals surface area contributed by atoms with Gasteiger partial charge in [0.15, 0.2) is 23.0 Å². The molecule has 0 unspecified atom stereocenters. The van der Waals surface area contributed by atoms with Crippen molar-refractivity contribution in [2.24, 2.45) is 0 Å². The van der Waals surface area contributed by atoms with Crippen molar-refractivity contribution < 1.29 is 18.3 Å². The van der Waals surface area contributed by atoms with Crippen molar-refractivity contribution in [3.05, 3.63) is 158 Å². The van der Waals surface area contributed by atoms with Crippen LogP contribution in [0.2, 0.25) is 0 Å². The molecular formula is C46H26N2O4. The van der Waals surface area contributed by atoms with Crippen LogP contribution >= 0.6 is 0 Å². The summed E-state index contributed by atoms with van der Waals surface area (Å²) in [5, 5.41) is 6.35. The predicted molar refractivity (Wildman–Crippen MR) is 208 cm³/mol. The van der Waals surface area contributed by atoms with E-state index in [0.717, 1.165) is 112 Å². The molecule has 8 aromatic carbocycles. The monoisotopic (exact) mass is 670 g/mol. The van der Waals surface area contributed by atoms with Crippen molar-refractivity contribution in [1.29, 1.82) is 0 Å². The Morgan fingerprint density at radius 2 is 0.673 bits per heavy atom. The Kier molecular flexibility index (Phi) is 5.41. The zero-order valence-electron chi connectivity index (χ0n) is 27.5. The molecule has 0 spiro atoms. The van der Waals surface area contributed by atoms with E-state index in [1.54, 1.807) is 0 Å². The first-order chi connectivity index (χ1) is 25.8. The molecule has 6 heteroatoms. The van der Waals surface area contributed by atoms with Crippen molar-refractivity contribution >= 4 is 88.8 Å². The Labute approximate surface area is 296 Å². The zero-order valence-corrected chi connectivity index (χ0v) is 27.5. The van der Waals surface area contributed by atoms with E-state index < -0.39 is 0 Å². The number of para-hydroxylation sites is 6. The third kappa shape index (κ3) is 3.78. The largest absolute Gasteiger partial charge is 0.456 e. The Morgan fingerprint density at radius 3 is 1.17 bits per heavy atom. The smallest absolute Gasteiger partial charge is 0.152 e. The SMILES string of the molecule is c1ccc2c(c1)Oc1cc3c(cc1N2c1cccc2c(N4c5ccccc5Oc5cc6c(cc54)oc4ccccc46)cccc12)oc1ccccc13. The molecule has 0 bridgehead atoms. The highest BCUT2D eigenvalue weighted by Gasteiger charge is 2.31. The molecule has 0 saturated heterocycles. The lowest BCUT2D eigenvalue weighted by molar-refractivity contribution is 0.477. The molecule has 0 atom stereocenters. The lowest BCUT2D eigenvalue weighted by Crippen LogP contribution is -2.17. The van der Waals surface area contributed by atoms with Crippen molar-refractivity contribution in [3.8, 4) is 23.0 Å². The highest BCUT2D eigenvalue weighted by atomic mass is 16.5. The van der Waals surface area contributed by atoms with E-state index in [4.69, 9.17) is 18.3 Å². The van der Waals surface area contributed by atoms with Crippen molar-refractivity contribution in [2.75, 3.05) is 9.80 Å². The topological polar surface area (TPSA) is 51.2 Å². The minimum absolute atomic E-state index is 0.775. The molecule has 0 N–H and O–H groups in total. The number of furan rings is 2. The van der Waals surface area contributed by atoms with Gasteiger partial charge in [-0.3, -0.25) is 0 Å². The highest BCUT2D eigenvalue weighted by molar-refractivity contribution is 6.13. The second kappa shape index (κ2) is 10.2. The van der Waals surface area contributed by atoms with Crippen LogP contribution in [0.25, 0.3) is 54.6 Å². The molecule has 2 aliphatic heterocycles. The predicted octanol–water partition coefficient (Wildman–Crippen LogP) is 13.8. The second-order valence-corrected chi connectivity index (χ2v) is 13.3. The first-order valence-corrected chi connectivity index (χ1v) is 17.3. The number of nitrogens with zero attached hydrogens (tertiary/aromatic N) is 2. The third-order valence-electron chi connectivity index (χ3n) is 10.4. The van der Waals surface area contributed by atoms with E-state index in [-0.39, 0.29) is 0 Å². The Hall–Kier alpha value is -7.18. The van der Waals surface area contributed by atoms with E-state index in [1.165, 1.54) is 0 Å². The van der Waals surface area contributed by atoms with Gasteiger partial charge in [0, 0.05) is 44.5 Å². The van der Waals surface area contributed by atoms with Crippen molar-refractivity contribution in [1.82, 2.24) is 0 Å². The van der Waals surface area contributed by atoms with Gasteiger partial charge in [-0.25, -0.2) is 0 Å². The van der Waals surface area contributed by atoms with Crippen LogP contribution in [0, 0.1) is 0 Å². The second-order valence-electron chi connectivity index (χ2n) is 13.3.